The summed E-state index contributed by atoms with van der Waals surface area (Å²) >= 11 is 6.36. The van der Waals surface area contributed by atoms with E-state index in [1.165, 1.54) is 6.20 Å². The first-order valence-corrected chi connectivity index (χ1v) is 9.73. The standard InChI is InChI=1S/C19H23ClN6O3/c1-22-18-17(20)16(10-23-19(18)21)29-15-11-24-26-12-13(2-3-14(15)26)28-9-6-25-4-7-27-8-5-25/h2-3,10-12,22H,4-9H2,1H3,(H2,21,23). The summed E-state index contributed by atoms with van der Waals surface area (Å²) in [6, 6.07) is 3.79. The molecule has 1 aliphatic rings. The Kier molecular flexibility index (Phi) is 5.89. The number of aromatic nitrogens is 3. The lowest BCUT2D eigenvalue weighted by Gasteiger charge is -2.26. The largest absolute Gasteiger partial charge is 0.491 e. The molecular formula is C19H23ClN6O3. The molecule has 0 spiro atoms. The van der Waals surface area contributed by atoms with E-state index in [9.17, 15) is 0 Å². The van der Waals surface area contributed by atoms with Gasteiger partial charge in [-0.1, -0.05) is 11.6 Å². The van der Waals surface area contributed by atoms with E-state index in [0.717, 1.165) is 44.1 Å². The number of fused-ring (bicyclic) bond motifs is 1. The van der Waals surface area contributed by atoms with Crippen molar-refractivity contribution in [1.29, 1.82) is 0 Å². The number of morpholine rings is 1. The van der Waals surface area contributed by atoms with Crippen molar-refractivity contribution in [2.75, 3.05) is 57.6 Å². The van der Waals surface area contributed by atoms with Gasteiger partial charge in [0.05, 0.1) is 37.5 Å². The maximum absolute atomic E-state index is 6.36. The Morgan fingerprint density at radius 2 is 2.07 bits per heavy atom. The number of hydrogen-bond donors (Lipinski definition) is 2. The summed E-state index contributed by atoms with van der Waals surface area (Å²) in [5.41, 5.74) is 7.12. The molecule has 4 heterocycles. The van der Waals surface area contributed by atoms with Crippen LogP contribution in [-0.2, 0) is 4.74 Å². The zero-order valence-corrected chi connectivity index (χ0v) is 16.9. The Morgan fingerprint density at radius 3 is 2.86 bits per heavy atom. The molecule has 0 amide bonds. The van der Waals surface area contributed by atoms with Crippen LogP contribution in [0.25, 0.3) is 5.52 Å². The number of pyridine rings is 2. The third-order valence-electron chi connectivity index (χ3n) is 4.72. The van der Waals surface area contributed by atoms with Crippen LogP contribution in [-0.4, -0.2) is 66.0 Å². The highest BCUT2D eigenvalue weighted by Crippen LogP contribution is 2.38. The molecule has 0 aliphatic carbocycles. The Bertz CT molecular complexity index is 989. The third-order valence-corrected chi connectivity index (χ3v) is 5.09. The molecule has 0 aromatic carbocycles. The number of nitrogens with two attached hydrogens (primary N) is 1. The highest BCUT2D eigenvalue weighted by molar-refractivity contribution is 6.35. The monoisotopic (exact) mass is 418 g/mol. The lowest BCUT2D eigenvalue weighted by atomic mass is 10.3. The van der Waals surface area contributed by atoms with E-state index in [1.807, 2.05) is 18.3 Å². The normalized spacial score (nSPS) is 14.8. The van der Waals surface area contributed by atoms with Crippen LogP contribution >= 0.6 is 11.6 Å². The topological polar surface area (TPSA) is 99.2 Å². The van der Waals surface area contributed by atoms with Crippen LogP contribution < -0.4 is 20.5 Å². The number of halogens is 1. The zero-order chi connectivity index (χ0) is 20.2. The molecule has 3 N–H and O–H groups in total. The van der Waals surface area contributed by atoms with E-state index >= 15 is 0 Å². The first-order chi connectivity index (χ1) is 14.2. The second kappa shape index (κ2) is 8.73. The minimum atomic E-state index is 0.309. The quantitative estimate of drug-likeness (QED) is 0.603. The zero-order valence-electron chi connectivity index (χ0n) is 16.1. The molecular weight excluding hydrogens is 396 g/mol. The van der Waals surface area contributed by atoms with Gasteiger partial charge in [-0.05, 0) is 12.1 Å². The molecule has 29 heavy (non-hydrogen) atoms. The number of rotatable bonds is 7. The number of anilines is 2. The van der Waals surface area contributed by atoms with E-state index in [0.29, 0.717) is 34.6 Å². The van der Waals surface area contributed by atoms with Gasteiger partial charge in [0.15, 0.2) is 11.5 Å². The maximum atomic E-state index is 6.36. The lowest BCUT2D eigenvalue weighted by molar-refractivity contribution is 0.0322. The lowest BCUT2D eigenvalue weighted by Crippen LogP contribution is -2.38. The van der Waals surface area contributed by atoms with Gasteiger partial charge in [-0.3, -0.25) is 4.90 Å². The summed E-state index contributed by atoms with van der Waals surface area (Å²) in [6.45, 7) is 4.93. The molecule has 9 nitrogen and oxygen atoms in total. The molecule has 1 aliphatic heterocycles. The van der Waals surface area contributed by atoms with Gasteiger partial charge in [0, 0.05) is 26.7 Å². The smallest absolute Gasteiger partial charge is 0.173 e. The fourth-order valence-electron chi connectivity index (χ4n) is 3.14. The van der Waals surface area contributed by atoms with Gasteiger partial charge in [0.2, 0.25) is 0 Å². The Hall–Kier alpha value is -2.75. The van der Waals surface area contributed by atoms with Crippen LogP contribution in [0.3, 0.4) is 0 Å². The minimum absolute atomic E-state index is 0.309. The fraction of sp³-hybridized carbons (Fsp3) is 0.368. The van der Waals surface area contributed by atoms with Crippen molar-refractivity contribution in [2.24, 2.45) is 0 Å². The number of ether oxygens (including phenoxy) is 3. The highest BCUT2D eigenvalue weighted by Gasteiger charge is 2.15. The van der Waals surface area contributed by atoms with Gasteiger partial charge < -0.3 is 25.3 Å². The van der Waals surface area contributed by atoms with Crippen LogP contribution in [0.15, 0.2) is 30.7 Å². The highest BCUT2D eigenvalue weighted by atomic mass is 35.5. The van der Waals surface area contributed by atoms with Crippen LogP contribution in [0, 0.1) is 0 Å². The van der Waals surface area contributed by atoms with Crippen molar-refractivity contribution in [3.63, 3.8) is 0 Å². The van der Waals surface area contributed by atoms with Crippen molar-refractivity contribution in [3.8, 4) is 17.2 Å². The summed E-state index contributed by atoms with van der Waals surface area (Å²) < 4.78 is 18.9. The fourth-order valence-corrected chi connectivity index (χ4v) is 3.41. The van der Waals surface area contributed by atoms with Crippen molar-refractivity contribution >= 4 is 28.6 Å². The van der Waals surface area contributed by atoms with Gasteiger partial charge >= 0.3 is 0 Å². The average molecular weight is 419 g/mol. The predicted octanol–water partition coefficient (Wildman–Crippen LogP) is 2.51. The van der Waals surface area contributed by atoms with Crippen LogP contribution in [0.4, 0.5) is 11.5 Å². The first-order valence-electron chi connectivity index (χ1n) is 9.35. The van der Waals surface area contributed by atoms with Crippen LogP contribution in [0.2, 0.25) is 5.02 Å². The molecule has 10 heteroatoms. The number of hydrogen-bond acceptors (Lipinski definition) is 8. The number of nitrogen functional groups attached to an aromatic ring is 1. The van der Waals surface area contributed by atoms with Gasteiger partial charge in [-0.15, -0.1) is 0 Å². The van der Waals surface area contributed by atoms with Gasteiger partial charge in [0.25, 0.3) is 0 Å². The molecule has 1 fully saturated rings. The van der Waals surface area contributed by atoms with Gasteiger partial charge in [-0.2, -0.15) is 5.10 Å². The Balaban J connectivity index is 1.44. The average Bonchev–Trinajstić information content (AvgIpc) is 3.13. The van der Waals surface area contributed by atoms with Crippen molar-refractivity contribution in [1.82, 2.24) is 19.5 Å². The molecule has 4 rings (SSSR count). The number of nitrogens with zero attached hydrogens (tertiary/aromatic N) is 4. The molecule has 0 unspecified atom stereocenters. The molecule has 154 valence electrons. The van der Waals surface area contributed by atoms with E-state index in [-0.39, 0.29) is 0 Å². The summed E-state index contributed by atoms with van der Waals surface area (Å²) in [5, 5.41) is 7.63. The summed E-state index contributed by atoms with van der Waals surface area (Å²) in [6.07, 6.45) is 4.94. The molecule has 3 aromatic heterocycles. The SMILES string of the molecule is CNc1c(N)ncc(Oc2cnn3cc(OCCN4CCOCC4)ccc23)c1Cl. The third kappa shape index (κ3) is 4.31. The summed E-state index contributed by atoms with van der Waals surface area (Å²) in [5.74, 6) is 2.00. The van der Waals surface area contributed by atoms with E-state index < -0.39 is 0 Å². The van der Waals surface area contributed by atoms with Gasteiger partial charge in [0.1, 0.15) is 28.7 Å². The molecule has 1 saturated heterocycles. The van der Waals surface area contributed by atoms with E-state index in [1.54, 1.807) is 17.8 Å². The van der Waals surface area contributed by atoms with Crippen LogP contribution in [0.5, 0.6) is 17.2 Å². The molecule has 3 aromatic rings. The van der Waals surface area contributed by atoms with E-state index in [2.05, 4.69) is 20.3 Å². The summed E-state index contributed by atoms with van der Waals surface area (Å²) in [7, 11) is 1.72. The Morgan fingerprint density at radius 1 is 1.24 bits per heavy atom. The second-order valence-corrected chi connectivity index (χ2v) is 6.93. The van der Waals surface area contributed by atoms with E-state index in [4.69, 9.17) is 31.5 Å². The molecule has 0 atom stereocenters. The molecule has 0 saturated carbocycles. The van der Waals surface area contributed by atoms with Crippen LogP contribution in [0.1, 0.15) is 0 Å². The minimum Gasteiger partial charge on any atom is -0.491 e. The predicted molar refractivity (Wildman–Crippen MR) is 111 cm³/mol. The van der Waals surface area contributed by atoms with Crippen molar-refractivity contribution in [3.05, 3.63) is 35.7 Å². The first kappa shape index (κ1) is 19.6. The maximum Gasteiger partial charge on any atom is 0.173 e. The molecule has 0 radical (unpaired) electrons. The van der Waals surface area contributed by atoms with Gasteiger partial charge in [-0.25, -0.2) is 9.50 Å². The number of nitrogens with one attached hydrogen (secondary N) is 1. The summed E-state index contributed by atoms with van der Waals surface area (Å²) in [4.78, 5) is 6.43. The van der Waals surface area contributed by atoms with Crippen molar-refractivity contribution in [2.45, 2.75) is 0 Å². The van der Waals surface area contributed by atoms with Crippen molar-refractivity contribution < 1.29 is 14.2 Å². The molecule has 0 bridgehead atoms. The second-order valence-electron chi connectivity index (χ2n) is 6.55. The Labute approximate surface area is 173 Å².